The Balaban J connectivity index is 1.99. The molecule has 0 bridgehead atoms. The number of rotatable bonds is 6. The quantitative estimate of drug-likeness (QED) is 0.811. The number of esters is 1. The van der Waals surface area contributed by atoms with Crippen LogP contribution < -0.4 is 14.8 Å². The van der Waals surface area contributed by atoms with Crippen LogP contribution in [-0.4, -0.2) is 32.7 Å². The fraction of sp³-hybridized carbons (Fsp3) is 0.167. The van der Waals surface area contributed by atoms with Crippen LogP contribution in [0.1, 0.15) is 15.9 Å². The lowest BCUT2D eigenvalue weighted by atomic mass is 10.1. The molecule has 0 atom stereocenters. The third-order valence-corrected chi connectivity index (χ3v) is 3.24. The first-order valence-corrected chi connectivity index (χ1v) is 7.26. The summed E-state index contributed by atoms with van der Waals surface area (Å²) < 4.78 is 15.2. The molecule has 2 aromatic rings. The number of amides is 1. The van der Waals surface area contributed by atoms with Gasteiger partial charge < -0.3 is 19.5 Å². The van der Waals surface area contributed by atoms with Crippen LogP contribution >= 0.6 is 0 Å². The van der Waals surface area contributed by atoms with Gasteiger partial charge in [-0.25, -0.2) is 4.79 Å². The van der Waals surface area contributed by atoms with Crippen molar-refractivity contribution in [2.45, 2.75) is 0 Å². The Morgan fingerprint density at radius 3 is 2.60 bits per heavy atom. The summed E-state index contributed by atoms with van der Waals surface area (Å²) in [7, 11) is 2.98. The number of nitriles is 1. The highest BCUT2D eigenvalue weighted by molar-refractivity contribution is 5.96. The van der Waals surface area contributed by atoms with E-state index < -0.39 is 18.5 Å². The van der Waals surface area contributed by atoms with Gasteiger partial charge in [-0.15, -0.1) is 0 Å². The molecule has 128 valence electrons. The zero-order valence-corrected chi connectivity index (χ0v) is 13.7. The van der Waals surface area contributed by atoms with Gasteiger partial charge in [0.15, 0.2) is 6.61 Å². The van der Waals surface area contributed by atoms with Crippen molar-refractivity contribution in [2.75, 3.05) is 26.1 Å². The zero-order valence-electron chi connectivity index (χ0n) is 13.7. The topological polar surface area (TPSA) is 97.7 Å². The summed E-state index contributed by atoms with van der Waals surface area (Å²) in [5.74, 6) is -0.232. The molecule has 0 aliphatic carbocycles. The summed E-state index contributed by atoms with van der Waals surface area (Å²) in [5, 5.41) is 11.4. The molecule has 7 nitrogen and oxygen atoms in total. The van der Waals surface area contributed by atoms with Gasteiger partial charge in [-0.05, 0) is 30.3 Å². The monoisotopic (exact) mass is 340 g/mol. The van der Waals surface area contributed by atoms with Crippen LogP contribution in [0.3, 0.4) is 0 Å². The van der Waals surface area contributed by atoms with Crippen molar-refractivity contribution >= 4 is 17.6 Å². The normalized spacial score (nSPS) is 9.64. The smallest absolute Gasteiger partial charge is 0.338 e. The first-order valence-electron chi connectivity index (χ1n) is 7.26. The van der Waals surface area contributed by atoms with Gasteiger partial charge in [-0.2, -0.15) is 5.26 Å². The summed E-state index contributed by atoms with van der Waals surface area (Å²) in [6.07, 6.45) is 0. The summed E-state index contributed by atoms with van der Waals surface area (Å²) in [4.78, 5) is 23.9. The van der Waals surface area contributed by atoms with Gasteiger partial charge >= 0.3 is 5.97 Å². The number of hydrogen-bond acceptors (Lipinski definition) is 6. The highest BCUT2D eigenvalue weighted by atomic mass is 16.5. The molecule has 0 aliphatic heterocycles. The second-order valence-electron chi connectivity index (χ2n) is 4.88. The van der Waals surface area contributed by atoms with Crippen LogP contribution in [-0.2, 0) is 9.53 Å². The van der Waals surface area contributed by atoms with Gasteiger partial charge in [0.25, 0.3) is 5.91 Å². The Morgan fingerprint density at radius 1 is 1.12 bits per heavy atom. The van der Waals surface area contributed by atoms with Gasteiger partial charge in [-0.3, -0.25) is 4.79 Å². The number of ether oxygens (including phenoxy) is 3. The molecule has 25 heavy (non-hydrogen) atoms. The van der Waals surface area contributed by atoms with Crippen LogP contribution in [0.5, 0.6) is 11.5 Å². The van der Waals surface area contributed by atoms with E-state index in [-0.39, 0.29) is 5.56 Å². The Morgan fingerprint density at radius 2 is 1.92 bits per heavy atom. The predicted octanol–water partition coefficient (Wildman–Crippen LogP) is 2.37. The zero-order chi connectivity index (χ0) is 18.2. The van der Waals surface area contributed by atoms with E-state index >= 15 is 0 Å². The Labute approximate surface area is 144 Å². The lowest BCUT2D eigenvalue weighted by Crippen LogP contribution is -2.21. The number of methoxy groups -OCH3 is 2. The van der Waals surface area contributed by atoms with Crippen LogP contribution in [0, 0.1) is 11.3 Å². The van der Waals surface area contributed by atoms with E-state index in [1.54, 1.807) is 30.3 Å². The molecule has 0 heterocycles. The molecule has 1 N–H and O–H groups in total. The first-order chi connectivity index (χ1) is 12.1. The Bertz CT molecular complexity index is 826. The van der Waals surface area contributed by atoms with Gasteiger partial charge in [-0.1, -0.05) is 6.07 Å². The van der Waals surface area contributed by atoms with Gasteiger partial charge in [0.1, 0.15) is 11.5 Å². The highest BCUT2D eigenvalue weighted by Crippen LogP contribution is 2.28. The Kier molecular flexibility index (Phi) is 5.96. The molecule has 2 rings (SSSR count). The van der Waals surface area contributed by atoms with E-state index in [9.17, 15) is 9.59 Å². The lowest BCUT2D eigenvalue weighted by Gasteiger charge is -2.12. The lowest BCUT2D eigenvalue weighted by molar-refractivity contribution is -0.119. The van der Waals surface area contributed by atoms with Crippen molar-refractivity contribution in [1.82, 2.24) is 0 Å². The summed E-state index contributed by atoms with van der Waals surface area (Å²) >= 11 is 0. The maximum Gasteiger partial charge on any atom is 0.338 e. The number of anilines is 1. The molecule has 0 unspecified atom stereocenters. The number of carbonyl (C=O) groups is 2. The van der Waals surface area contributed by atoms with Gasteiger partial charge in [0.05, 0.1) is 37.1 Å². The molecule has 0 saturated heterocycles. The van der Waals surface area contributed by atoms with E-state index in [2.05, 4.69) is 5.32 Å². The van der Waals surface area contributed by atoms with Crippen molar-refractivity contribution < 1.29 is 23.8 Å². The number of benzene rings is 2. The average Bonchev–Trinajstić information content (AvgIpc) is 2.66. The molecule has 0 aromatic heterocycles. The van der Waals surface area contributed by atoms with Crippen LogP contribution in [0.15, 0.2) is 42.5 Å². The maximum atomic E-state index is 12.0. The second kappa shape index (κ2) is 8.36. The number of carbonyl (C=O) groups excluding carboxylic acids is 2. The molecule has 1 amide bonds. The molecule has 2 aromatic carbocycles. The minimum absolute atomic E-state index is 0.200. The van der Waals surface area contributed by atoms with Crippen LogP contribution in [0.25, 0.3) is 0 Å². The van der Waals surface area contributed by atoms with E-state index in [1.165, 1.54) is 26.4 Å². The minimum atomic E-state index is -0.690. The van der Waals surface area contributed by atoms with Crippen LogP contribution in [0.4, 0.5) is 5.69 Å². The summed E-state index contributed by atoms with van der Waals surface area (Å²) in [5.41, 5.74) is 0.931. The van der Waals surface area contributed by atoms with E-state index in [1.807, 2.05) is 6.07 Å². The SMILES string of the molecule is COc1ccc(OC)c(NC(=O)COC(=O)c2cccc(C#N)c2)c1. The minimum Gasteiger partial charge on any atom is -0.497 e. The number of nitrogens with zero attached hydrogens (tertiary/aromatic N) is 1. The second-order valence-corrected chi connectivity index (χ2v) is 4.88. The van der Waals surface area contributed by atoms with Crippen molar-refractivity contribution in [3.63, 3.8) is 0 Å². The van der Waals surface area contributed by atoms with Crippen molar-refractivity contribution in [2.24, 2.45) is 0 Å². The third kappa shape index (κ3) is 4.72. The van der Waals surface area contributed by atoms with Gasteiger partial charge in [0, 0.05) is 6.07 Å². The molecule has 0 fully saturated rings. The van der Waals surface area contributed by atoms with Crippen LogP contribution in [0.2, 0.25) is 0 Å². The fourth-order valence-corrected chi connectivity index (χ4v) is 2.03. The van der Waals surface area contributed by atoms with E-state index in [4.69, 9.17) is 19.5 Å². The average molecular weight is 340 g/mol. The first kappa shape index (κ1) is 17.8. The van der Waals surface area contributed by atoms with E-state index in [0.717, 1.165) is 0 Å². The third-order valence-electron chi connectivity index (χ3n) is 3.24. The molecular formula is C18H16N2O5. The van der Waals surface area contributed by atoms with Crippen molar-refractivity contribution in [3.05, 3.63) is 53.6 Å². The predicted molar refractivity (Wildman–Crippen MR) is 89.6 cm³/mol. The number of nitrogens with one attached hydrogen (secondary N) is 1. The van der Waals surface area contributed by atoms with Crippen molar-refractivity contribution in [3.8, 4) is 17.6 Å². The molecular weight excluding hydrogens is 324 g/mol. The Hall–Kier alpha value is -3.53. The molecule has 0 spiro atoms. The number of hydrogen-bond donors (Lipinski definition) is 1. The van der Waals surface area contributed by atoms with Crippen molar-refractivity contribution in [1.29, 1.82) is 5.26 Å². The maximum absolute atomic E-state index is 12.0. The van der Waals surface area contributed by atoms with Gasteiger partial charge in [0.2, 0.25) is 0 Å². The summed E-state index contributed by atoms with van der Waals surface area (Å²) in [6, 6.07) is 12.9. The molecule has 0 radical (unpaired) electrons. The van der Waals surface area contributed by atoms with E-state index in [0.29, 0.717) is 22.7 Å². The largest absolute Gasteiger partial charge is 0.497 e. The highest BCUT2D eigenvalue weighted by Gasteiger charge is 2.13. The molecule has 0 saturated carbocycles. The standard InChI is InChI=1S/C18H16N2O5/c1-23-14-6-7-16(24-2)15(9-14)20-17(21)11-25-18(22)13-5-3-4-12(8-13)10-19/h3-9H,11H2,1-2H3,(H,20,21). The molecule has 7 heteroatoms. The molecule has 0 aliphatic rings. The summed E-state index contributed by atoms with van der Waals surface area (Å²) in [6.45, 7) is -0.476. The fourth-order valence-electron chi connectivity index (χ4n) is 2.03.